The van der Waals surface area contributed by atoms with E-state index in [0.717, 1.165) is 43.4 Å². The zero-order chi connectivity index (χ0) is 33.1. The van der Waals surface area contributed by atoms with Crippen molar-refractivity contribution in [3.05, 3.63) is 23.3 Å². The number of nitrogens with two attached hydrogens (primary N) is 2. The lowest BCUT2D eigenvalue weighted by Gasteiger charge is -2.36. The highest BCUT2D eigenvalue weighted by molar-refractivity contribution is 8.77. The van der Waals surface area contributed by atoms with Crippen molar-refractivity contribution in [2.45, 2.75) is 133 Å². The van der Waals surface area contributed by atoms with Crippen molar-refractivity contribution in [3.63, 3.8) is 0 Å². The summed E-state index contributed by atoms with van der Waals surface area (Å²) >= 11 is 0. The predicted molar refractivity (Wildman–Crippen MR) is 186 cm³/mol. The lowest BCUT2D eigenvalue weighted by atomic mass is 9.84. The molecular formula is C34H54N4O6S2. The molecule has 46 heavy (non-hydrogen) atoms. The first kappa shape index (κ1) is 36.5. The smallest absolute Gasteiger partial charge is 0.302 e. The Bertz CT molecular complexity index is 1190. The van der Waals surface area contributed by atoms with Crippen LogP contribution >= 0.6 is 21.6 Å². The number of fused-ring (bicyclic) bond motifs is 4. The summed E-state index contributed by atoms with van der Waals surface area (Å²) in [7, 11) is 5.37. The third kappa shape index (κ3) is 11.1. The van der Waals surface area contributed by atoms with Crippen LogP contribution in [0, 0.1) is 5.92 Å². The van der Waals surface area contributed by atoms with E-state index in [4.69, 9.17) is 20.9 Å². The van der Waals surface area contributed by atoms with Gasteiger partial charge in [0.1, 0.15) is 6.10 Å². The van der Waals surface area contributed by atoms with Gasteiger partial charge in [0.05, 0.1) is 19.3 Å². The quantitative estimate of drug-likeness (QED) is 0.140. The average Bonchev–Trinajstić information content (AvgIpc) is 3.34. The molecule has 1 aliphatic carbocycles. The molecule has 258 valence electrons. The van der Waals surface area contributed by atoms with Crippen molar-refractivity contribution in [3.8, 4) is 11.5 Å². The number of carbonyl (C=O) groups is 2. The summed E-state index contributed by atoms with van der Waals surface area (Å²) in [5.74, 6) is 1.000. The Balaban J connectivity index is 1.55. The van der Waals surface area contributed by atoms with Gasteiger partial charge in [-0.15, -0.1) is 0 Å². The van der Waals surface area contributed by atoms with E-state index in [9.17, 15) is 19.8 Å². The van der Waals surface area contributed by atoms with Crippen LogP contribution in [0.4, 0.5) is 0 Å². The molecule has 1 aromatic rings. The molecule has 1 aromatic carbocycles. The molecule has 1 spiro atoms. The van der Waals surface area contributed by atoms with Crippen molar-refractivity contribution in [1.82, 2.24) is 4.90 Å². The number of esters is 1. The molecule has 1 saturated heterocycles. The van der Waals surface area contributed by atoms with E-state index in [1.54, 1.807) is 11.0 Å². The molecule has 0 aromatic heterocycles. The zero-order valence-corrected chi connectivity index (χ0v) is 29.2. The molecule has 2 fully saturated rings. The summed E-state index contributed by atoms with van der Waals surface area (Å²) in [6.07, 6.45) is 12.8. The first-order chi connectivity index (χ1) is 22.1. The number of benzene rings is 1. The fraction of sp³-hybridized carbons (Fsp3) is 0.735. The number of amides is 1. The molecule has 0 unspecified atom stereocenters. The van der Waals surface area contributed by atoms with E-state index < -0.39 is 12.2 Å². The monoisotopic (exact) mass is 678 g/mol. The van der Waals surface area contributed by atoms with Crippen LogP contribution in [0.15, 0.2) is 17.1 Å². The summed E-state index contributed by atoms with van der Waals surface area (Å²) < 4.78 is 11.4. The van der Waals surface area contributed by atoms with Crippen LogP contribution in [-0.2, 0) is 27.3 Å². The second-order valence-electron chi connectivity index (χ2n) is 13.5. The maximum atomic E-state index is 13.2. The summed E-state index contributed by atoms with van der Waals surface area (Å²) in [5, 5.41) is 21.9. The minimum atomic E-state index is -0.550. The van der Waals surface area contributed by atoms with Crippen molar-refractivity contribution in [1.29, 1.82) is 0 Å². The number of ether oxygens (including phenoxy) is 2. The largest absolute Gasteiger partial charge is 0.504 e. The molecule has 2 aliphatic heterocycles. The van der Waals surface area contributed by atoms with E-state index in [1.807, 2.05) is 27.7 Å². The number of carbonyl (C=O) groups excluding carboxylic acids is 2. The maximum Gasteiger partial charge on any atom is 0.302 e. The molecule has 2 heterocycles. The molecule has 0 radical (unpaired) electrons. The Morgan fingerprint density at radius 2 is 1.78 bits per heavy atom. The number of guanidine groups is 1. The van der Waals surface area contributed by atoms with Gasteiger partial charge in [0.15, 0.2) is 17.5 Å². The lowest BCUT2D eigenvalue weighted by molar-refractivity contribution is -0.148. The van der Waals surface area contributed by atoms with Gasteiger partial charge in [0, 0.05) is 48.9 Å². The molecule has 12 heteroatoms. The van der Waals surface area contributed by atoms with Crippen LogP contribution in [0.3, 0.4) is 0 Å². The van der Waals surface area contributed by atoms with E-state index in [2.05, 4.69) is 4.99 Å². The number of aromatic hydroxyl groups is 1. The Morgan fingerprint density at radius 1 is 1.07 bits per heavy atom. The summed E-state index contributed by atoms with van der Waals surface area (Å²) in [4.78, 5) is 31.5. The van der Waals surface area contributed by atoms with Crippen molar-refractivity contribution >= 4 is 39.4 Å². The van der Waals surface area contributed by atoms with E-state index in [0.29, 0.717) is 50.0 Å². The standard InChI is InChI=1S/C34H54N4O6S2/c1-23(39)44-29-11-10-24-15-26(32(42)30(17-24)43-2)21-38-20-25(18-31(38)41)16-27(37-33(35)36)22-45-46-34(13-7-4-8-14-34)12-6-3-5-9-28(40)19-29/h15,17,25,27-29,40,42H,3-14,16,18-22H2,1-2H3,(H4,35,36,37)/t25-,27+,28+,29-/m1/s1. The van der Waals surface area contributed by atoms with Gasteiger partial charge >= 0.3 is 5.97 Å². The lowest BCUT2D eigenvalue weighted by Crippen LogP contribution is -2.29. The number of aliphatic hydroxyl groups is 1. The van der Waals surface area contributed by atoms with Crippen molar-refractivity contribution in [2.24, 2.45) is 22.4 Å². The van der Waals surface area contributed by atoms with Crippen LogP contribution in [0.5, 0.6) is 11.5 Å². The fourth-order valence-electron chi connectivity index (χ4n) is 7.29. The van der Waals surface area contributed by atoms with Crippen LogP contribution < -0.4 is 16.2 Å². The Kier molecular flexibility index (Phi) is 14.1. The third-order valence-corrected chi connectivity index (χ3v) is 13.0. The van der Waals surface area contributed by atoms with E-state index in [-0.39, 0.29) is 46.8 Å². The van der Waals surface area contributed by atoms with Crippen molar-refractivity contribution < 1.29 is 29.3 Å². The molecule has 3 aliphatic rings. The Morgan fingerprint density at radius 3 is 2.46 bits per heavy atom. The number of aryl methyl sites for hydroxylation is 1. The van der Waals surface area contributed by atoms with Crippen molar-refractivity contribution in [2.75, 3.05) is 19.4 Å². The number of phenols is 1. The number of rotatable bonds is 3. The summed E-state index contributed by atoms with van der Waals surface area (Å²) in [5.41, 5.74) is 13.2. The highest BCUT2D eigenvalue weighted by Crippen LogP contribution is 2.49. The van der Waals surface area contributed by atoms with Crippen LogP contribution in [0.1, 0.15) is 108 Å². The molecule has 1 amide bonds. The number of methoxy groups -OCH3 is 1. The van der Waals surface area contributed by atoms with Gasteiger partial charge < -0.3 is 36.1 Å². The van der Waals surface area contributed by atoms with Gasteiger partial charge in [-0.05, 0) is 62.5 Å². The number of aliphatic hydroxyl groups excluding tert-OH is 1. The molecular weight excluding hydrogens is 625 g/mol. The summed E-state index contributed by atoms with van der Waals surface area (Å²) in [6.45, 7) is 2.22. The molecule has 10 nitrogen and oxygen atoms in total. The molecule has 1 saturated carbocycles. The number of hydrogen-bond donors (Lipinski definition) is 4. The molecule has 4 atom stereocenters. The van der Waals surface area contributed by atoms with Gasteiger partial charge in [-0.1, -0.05) is 66.2 Å². The number of hydrogen-bond acceptors (Lipinski definition) is 9. The highest BCUT2D eigenvalue weighted by atomic mass is 33.1. The summed E-state index contributed by atoms with van der Waals surface area (Å²) in [6, 6.07) is 3.60. The van der Waals surface area contributed by atoms with E-state index in [1.165, 1.54) is 46.1 Å². The zero-order valence-electron chi connectivity index (χ0n) is 27.6. The normalized spacial score (nSPS) is 27.1. The minimum Gasteiger partial charge on any atom is -0.504 e. The van der Waals surface area contributed by atoms with E-state index >= 15 is 0 Å². The first-order valence-corrected chi connectivity index (χ1v) is 19.3. The van der Waals surface area contributed by atoms with Gasteiger partial charge in [0.25, 0.3) is 0 Å². The van der Waals surface area contributed by atoms with Gasteiger partial charge in [-0.25, -0.2) is 4.99 Å². The maximum absolute atomic E-state index is 13.2. The predicted octanol–water partition coefficient (Wildman–Crippen LogP) is 5.45. The molecule has 4 bridgehead atoms. The average molecular weight is 679 g/mol. The fourth-order valence-corrected chi connectivity index (χ4v) is 10.8. The number of aliphatic imine (C=N–C) groups is 1. The second-order valence-corrected chi connectivity index (χ2v) is 16.3. The molecule has 4 rings (SSSR count). The Labute approximate surface area is 282 Å². The Hall–Kier alpha value is -2.31. The minimum absolute atomic E-state index is 0.0171. The highest BCUT2D eigenvalue weighted by Gasteiger charge is 2.35. The van der Waals surface area contributed by atoms with Crippen LogP contribution in [0.25, 0.3) is 0 Å². The first-order valence-electron chi connectivity index (χ1n) is 17.0. The second kappa shape index (κ2) is 17.7. The van der Waals surface area contributed by atoms with Gasteiger partial charge in [0.2, 0.25) is 5.91 Å². The number of nitrogens with zero attached hydrogens (tertiary/aromatic N) is 2. The topological polar surface area (TPSA) is 161 Å². The third-order valence-electron chi connectivity index (χ3n) is 9.58. The van der Waals surface area contributed by atoms with Crippen LogP contribution in [-0.4, -0.2) is 75.4 Å². The van der Waals surface area contributed by atoms with Crippen LogP contribution in [0.2, 0.25) is 0 Å². The number of phenolic OH excluding ortho intramolecular Hbond substituents is 1. The van der Waals surface area contributed by atoms with Gasteiger partial charge in [-0.2, -0.15) is 0 Å². The van der Waals surface area contributed by atoms with Gasteiger partial charge in [-0.3, -0.25) is 9.59 Å². The SMILES string of the molecule is COc1cc2cc(c1O)CN1C[C@@H](CC1=O)C[C@H](N=C(N)N)CSSC1(CCCCC[C@H](O)C[C@H](OC(C)=O)CC2)CCCCC1. The molecule has 6 N–H and O–H groups in total.